The van der Waals surface area contributed by atoms with Crippen LogP contribution in [0.3, 0.4) is 0 Å². The first-order valence-corrected chi connectivity index (χ1v) is 8.75. The Kier molecular flexibility index (Phi) is 3.75. The van der Waals surface area contributed by atoms with Gasteiger partial charge in [0.05, 0.1) is 5.69 Å². The second-order valence-electron chi connectivity index (χ2n) is 7.00. The molecule has 0 saturated heterocycles. The van der Waals surface area contributed by atoms with E-state index < -0.39 is 5.91 Å². The largest absolute Gasteiger partial charge is 0.364 e. The van der Waals surface area contributed by atoms with Crippen LogP contribution in [-0.4, -0.2) is 26.5 Å². The van der Waals surface area contributed by atoms with Crippen molar-refractivity contribution in [3.8, 4) is 5.82 Å². The van der Waals surface area contributed by atoms with Crippen LogP contribution in [0.5, 0.6) is 0 Å². The Morgan fingerprint density at radius 2 is 1.88 bits per heavy atom. The zero-order chi connectivity index (χ0) is 16.7. The van der Waals surface area contributed by atoms with Crippen molar-refractivity contribution in [3.63, 3.8) is 0 Å². The van der Waals surface area contributed by atoms with Crippen molar-refractivity contribution >= 4 is 11.7 Å². The third kappa shape index (κ3) is 2.77. The topological polar surface area (TPSA) is 93.8 Å². The molecular weight excluding hydrogens is 304 g/mol. The van der Waals surface area contributed by atoms with Gasteiger partial charge in [0.2, 0.25) is 0 Å². The first kappa shape index (κ1) is 15.2. The Labute approximate surface area is 140 Å². The van der Waals surface area contributed by atoms with Crippen LogP contribution in [-0.2, 0) is 0 Å². The minimum atomic E-state index is -0.541. The van der Waals surface area contributed by atoms with E-state index in [1.165, 1.54) is 6.42 Å². The summed E-state index contributed by atoms with van der Waals surface area (Å²) in [6.45, 7) is 0. The number of H-pyrrole nitrogens is 1. The van der Waals surface area contributed by atoms with Gasteiger partial charge in [0, 0.05) is 29.7 Å². The molecule has 0 radical (unpaired) electrons. The quantitative estimate of drug-likeness (QED) is 0.827. The van der Waals surface area contributed by atoms with Crippen LogP contribution in [0, 0.1) is 5.92 Å². The fourth-order valence-corrected chi connectivity index (χ4v) is 3.63. The van der Waals surface area contributed by atoms with Crippen LogP contribution in [0.15, 0.2) is 18.3 Å². The number of amides is 1. The van der Waals surface area contributed by atoms with E-state index in [4.69, 9.17) is 5.73 Å². The Balaban J connectivity index is 1.66. The van der Waals surface area contributed by atoms with Crippen LogP contribution in [0.1, 0.15) is 77.4 Å². The van der Waals surface area contributed by atoms with Gasteiger partial charge >= 0.3 is 0 Å². The van der Waals surface area contributed by atoms with Crippen molar-refractivity contribution < 1.29 is 9.59 Å². The van der Waals surface area contributed by atoms with Crippen molar-refractivity contribution in [1.82, 2.24) is 14.8 Å². The highest BCUT2D eigenvalue weighted by molar-refractivity contribution is 6.01. The predicted molar refractivity (Wildman–Crippen MR) is 89.3 cm³/mol. The maximum atomic E-state index is 12.8. The smallest absolute Gasteiger partial charge is 0.265 e. The maximum absolute atomic E-state index is 12.8. The van der Waals surface area contributed by atoms with E-state index in [9.17, 15) is 9.59 Å². The lowest BCUT2D eigenvalue weighted by atomic mass is 9.84. The van der Waals surface area contributed by atoms with Gasteiger partial charge in [-0.15, -0.1) is 0 Å². The lowest BCUT2D eigenvalue weighted by molar-refractivity contribution is 0.0889. The summed E-state index contributed by atoms with van der Waals surface area (Å²) in [6, 6.07) is 3.57. The van der Waals surface area contributed by atoms with E-state index in [0.29, 0.717) is 23.0 Å². The number of aromatic nitrogens is 3. The van der Waals surface area contributed by atoms with Crippen LogP contribution in [0.25, 0.3) is 5.82 Å². The summed E-state index contributed by atoms with van der Waals surface area (Å²) in [5.74, 6) is 0.858. The molecule has 0 aliphatic heterocycles. The number of nitrogens with one attached hydrogen (secondary N) is 1. The van der Waals surface area contributed by atoms with E-state index in [-0.39, 0.29) is 11.7 Å². The first-order chi connectivity index (χ1) is 11.6. The van der Waals surface area contributed by atoms with E-state index in [1.807, 2.05) is 6.07 Å². The summed E-state index contributed by atoms with van der Waals surface area (Å²) < 4.78 is 1.66. The average molecular weight is 326 g/mol. The monoisotopic (exact) mass is 326 g/mol. The number of rotatable bonds is 5. The van der Waals surface area contributed by atoms with E-state index in [2.05, 4.69) is 10.2 Å². The molecule has 0 aromatic carbocycles. The van der Waals surface area contributed by atoms with E-state index in [0.717, 1.165) is 44.2 Å². The molecule has 126 valence electrons. The second kappa shape index (κ2) is 5.92. The number of hydrogen-bond donors (Lipinski definition) is 2. The van der Waals surface area contributed by atoms with Gasteiger partial charge in [-0.05, 0) is 31.7 Å². The number of nitrogens with zero attached hydrogens (tertiary/aromatic N) is 2. The van der Waals surface area contributed by atoms with Gasteiger partial charge in [0.15, 0.2) is 5.78 Å². The molecule has 3 N–H and O–H groups in total. The minimum absolute atomic E-state index is 0.0686. The number of primary amides is 1. The molecule has 2 aliphatic rings. The van der Waals surface area contributed by atoms with Crippen molar-refractivity contribution in [3.05, 3.63) is 35.3 Å². The molecule has 2 aromatic rings. The summed E-state index contributed by atoms with van der Waals surface area (Å²) in [4.78, 5) is 24.6. The van der Waals surface area contributed by atoms with Crippen LogP contribution >= 0.6 is 0 Å². The zero-order valence-corrected chi connectivity index (χ0v) is 13.6. The first-order valence-electron chi connectivity index (χ1n) is 8.75. The fraction of sp³-hybridized carbons (Fsp3) is 0.500. The Morgan fingerprint density at radius 1 is 1.12 bits per heavy atom. The molecule has 24 heavy (non-hydrogen) atoms. The Hall–Kier alpha value is -2.37. The molecule has 6 nitrogen and oxygen atoms in total. The van der Waals surface area contributed by atoms with Gasteiger partial charge in [0.1, 0.15) is 11.5 Å². The molecule has 1 amide bonds. The lowest BCUT2D eigenvalue weighted by Gasteiger charge is -2.19. The standard InChI is InChI=1S/C18H22N4O2/c19-18(24)15-8-13(17(23)12-4-2-1-3-5-12)10-22(15)16-9-14(20-21-16)11-6-7-11/h8-12H,1-7H2,(H2,19,24)(H,20,21). The van der Waals surface area contributed by atoms with E-state index >= 15 is 0 Å². The molecular formula is C18H22N4O2. The van der Waals surface area contributed by atoms with Crippen LogP contribution < -0.4 is 5.73 Å². The molecule has 2 heterocycles. The number of nitrogens with two attached hydrogens (primary N) is 1. The van der Waals surface area contributed by atoms with Gasteiger partial charge in [0.25, 0.3) is 5.91 Å². The number of Topliss-reactive ketones (excluding diaryl/α,β-unsaturated/α-hetero) is 1. The Bertz CT molecular complexity index is 779. The van der Waals surface area contributed by atoms with Gasteiger partial charge in [-0.1, -0.05) is 19.3 Å². The normalized spacial score (nSPS) is 18.7. The molecule has 2 aromatic heterocycles. The molecule has 2 saturated carbocycles. The van der Waals surface area contributed by atoms with Crippen LogP contribution in [0.4, 0.5) is 0 Å². The molecule has 4 rings (SSSR count). The highest BCUT2D eigenvalue weighted by Gasteiger charge is 2.28. The number of ketones is 1. The summed E-state index contributed by atoms with van der Waals surface area (Å²) in [7, 11) is 0. The number of carbonyl (C=O) groups excluding carboxylic acids is 2. The minimum Gasteiger partial charge on any atom is -0.364 e. The molecule has 0 atom stereocenters. The zero-order valence-electron chi connectivity index (χ0n) is 13.6. The predicted octanol–water partition coefficient (Wildman–Crippen LogP) is 2.94. The van der Waals surface area contributed by atoms with Crippen molar-refractivity contribution in [2.24, 2.45) is 11.7 Å². The molecule has 6 heteroatoms. The van der Waals surface area contributed by atoms with E-state index in [1.54, 1.807) is 16.8 Å². The van der Waals surface area contributed by atoms with Crippen molar-refractivity contribution in [2.45, 2.75) is 50.9 Å². The van der Waals surface area contributed by atoms with Gasteiger partial charge in [-0.25, -0.2) is 0 Å². The van der Waals surface area contributed by atoms with Gasteiger partial charge in [-0.2, -0.15) is 5.10 Å². The summed E-state index contributed by atoms with van der Waals surface area (Å²) in [6.07, 6.45) is 9.32. The molecule has 0 bridgehead atoms. The van der Waals surface area contributed by atoms with Crippen molar-refractivity contribution in [2.75, 3.05) is 0 Å². The SMILES string of the molecule is NC(=O)c1cc(C(=O)C2CCCCC2)cn1-c1cc(C2CC2)n[nH]1. The summed E-state index contributed by atoms with van der Waals surface area (Å²) >= 11 is 0. The highest BCUT2D eigenvalue weighted by atomic mass is 16.1. The maximum Gasteiger partial charge on any atom is 0.265 e. The third-order valence-corrected chi connectivity index (χ3v) is 5.17. The lowest BCUT2D eigenvalue weighted by Crippen LogP contribution is -2.17. The summed E-state index contributed by atoms with van der Waals surface area (Å²) in [5, 5.41) is 7.28. The number of carbonyl (C=O) groups is 2. The van der Waals surface area contributed by atoms with Gasteiger partial charge in [-0.3, -0.25) is 19.3 Å². The number of aromatic amines is 1. The average Bonchev–Trinajstić information content (AvgIpc) is 3.16. The third-order valence-electron chi connectivity index (χ3n) is 5.17. The van der Waals surface area contributed by atoms with Gasteiger partial charge < -0.3 is 5.73 Å². The molecule has 2 fully saturated rings. The molecule has 0 unspecified atom stereocenters. The molecule has 0 spiro atoms. The second-order valence-corrected chi connectivity index (χ2v) is 7.00. The highest BCUT2D eigenvalue weighted by Crippen LogP contribution is 2.39. The fourth-order valence-electron chi connectivity index (χ4n) is 3.63. The van der Waals surface area contributed by atoms with Crippen LogP contribution in [0.2, 0.25) is 0 Å². The number of hydrogen-bond acceptors (Lipinski definition) is 3. The Morgan fingerprint density at radius 3 is 2.54 bits per heavy atom. The van der Waals surface area contributed by atoms with Crippen molar-refractivity contribution in [1.29, 1.82) is 0 Å². The molecule has 2 aliphatic carbocycles. The summed E-state index contributed by atoms with van der Waals surface area (Å²) in [5.41, 5.74) is 7.41.